The molecule has 0 bridgehead atoms. The third-order valence-electron chi connectivity index (χ3n) is 5.29. The van der Waals surface area contributed by atoms with Crippen molar-refractivity contribution in [3.63, 3.8) is 0 Å². The molecule has 1 aliphatic rings. The van der Waals surface area contributed by atoms with E-state index in [2.05, 4.69) is 25.1 Å². The molecule has 9 heteroatoms. The summed E-state index contributed by atoms with van der Waals surface area (Å²) in [7, 11) is 0. The minimum atomic E-state index is -1.000. The molecule has 4 rings (SSSR count). The average Bonchev–Trinajstić information content (AvgIpc) is 3.23. The van der Waals surface area contributed by atoms with Crippen molar-refractivity contribution in [3.8, 4) is 11.4 Å². The first kappa shape index (κ1) is 21.0. The van der Waals surface area contributed by atoms with Crippen LogP contribution in [0.3, 0.4) is 0 Å². The first-order valence-electron chi connectivity index (χ1n) is 10.2. The highest BCUT2D eigenvalue weighted by Gasteiger charge is 2.24. The lowest BCUT2D eigenvalue weighted by Crippen LogP contribution is -2.17. The van der Waals surface area contributed by atoms with Crippen molar-refractivity contribution in [2.75, 3.05) is 11.1 Å². The summed E-state index contributed by atoms with van der Waals surface area (Å²) >= 11 is 1.36. The van der Waals surface area contributed by atoms with Crippen molar-refractivity contribution < 1.29 is 14.7 Å². The molecule has 0 saturated heterocycles. The normalized spacial score (nSPS) is 14.3. The Morgan fingerprint density at radius 3 is 2.42 bits per heavy atom. The molecule has 0 radical (unpaired) electrons. The van der Waals surface area contributed by atoms with Crippen LogP contribution in [0.4, 0.5) is 5.69 Å². The summed E-state index contributed by atoms with van der Waals surface area (Å²) in [6.07, 6.45) is 9.23. The standard InChI is InChI=1S/C22H23N5O3S/c28-19(24-17-8-6-16(7-9-17)21(29)30)14-31-22-26-25-20(15-10-12-23-13-11-15)27(22)18-4-2-1-3-5-18/h6-13,18H,1-5,14H2,(H,24,28)(H,29,30). The van der Waals surface area contributed by atoms with Crippen molar-refractivity contribution in [1.82, 2.24) is 19.7 Å². The number of aromatic nitrogens is 4. The van der Waals surface area contributed by atoms with E-state index in [1.807, 2.05) is 12.1 Å². The molecular weight excluding hydrogens is 414 g/mol. The zero-order chi connectivity index (χ0) is 21.6. The van der Waals surface area contributed by atoms with Gasteiger partial charge in [0.05, 0.1) is 11.3 Å². The minimum Gasteiger partial charge on any atom is -0.478 e. The van der Waals surface area contributed by atoms with E-state index in [0.29, 0.717) is 11.7 Å². The smallest absolute Gasteiger partial charge is 0.335 e. The van der Waals surface area contributed by atoms with Crippen molar-refractivity contribution in [2.45, 2.75) is 43.3 Å². The highest BCUT2D eigenvalue weighted by molar-refractivity contribution is 7.99. The van der Waals surface area contributed by atoms with Gasteiger partial charge in [-0.05, 0) is 49.2 Å². The maximum absolute atomic E-state index is 12.5. The highest BCUT2D eigenvalue weighted by atomic mass is 32.2. The van der Waals surface area contributed by atoms with Crippen LogP contribution in [-0.2, 0) is 4.79 Å². The highest BCUT2D eigenvalue weighted by Crippen LogP contribution is 2.35. The van der Waals surface area contributed by atoms with Gasteiger partial charge < -0.3 is 10.4 Å². The minimum absolute atomic E-state index is 0.177. The fourth-order valence-corrected chi connectivity index (χ4v) is 4.57. The number of carboxylic acids is 1. The quantitative estimate of drug-likeness (QED) is 0.531. The lowest BCUT2D eigenvalue weighted by molar-refractivity contribution is -0.113. The summed E-state index contributed by atoms with van der Waals surface area (Å²) in [6, 6.07) is 10.3. The number of amides is 1. The number of carbonyl (C=O) groups is 2. The summed E-state index contributed by atoms with van der Waals surface area (Å²) in [5, 5.41) is 21.3. The number of pyridine rings is 1. The molecule has 2 N–H and O–H groups in total. The molecule has 31 heavy (non-hydrogen) atoms. The van der Waals surface area contributed by atoms with Gasteiger partial charge in [0, 0.05) is 29.7 Å². The second-order valence-corrected chi connectivity index (χ2v) is 8.37. The van der Waals surface area contributed by atoms with Crippen LogP contribution < -0.4 is 5.32 Å². The zero-order valence-electron chi connectivity index (χ0n) is 16.9. The lowest BCUT2D eigenvalue weighted by Gasteiger charge is -2.25. The predicted octanol–water partition coefficient (Wildman–Crippen LogP) is 4.27. The SMILES string of the molecule is O=C(CSc1nnc(-c2ccncc2)n1C1CCCCC1)Nc1ccc(C(=O)O)cc1. The molecule has 160 valence electrons. The number of rotatable bonds is 7. The van der Waals surface area contributed by atoms with Gasteiger partial charge in [0.15, 0.2) is 11.0 Å². The number of nitrogens with one attached hydrogen (secondary N) is 1. The molecule has 1 aromatic carbocycles. The zero-order valence-corrected chi connectivity index (χ0v) is 17.7. The molecular formula is C22H23N5O3S. The summed E-state index contributed by atoms with van der Waals surface area (Å²) < 4.78 is 2.17. The molecule has 0 atom stereocenters. The van der Waals surface area contributed by atoms with Crippen LogP contribution in [0.5, 0.6) is 0 Å². The van der Waals surface area contributed by atoms with Crippen molar-refractivity contribution >= 4 is 29.3 Å². The van der Waals surface area contributed by atoms with Gasteiger partial charge in [0.25, 0.3) is 0 Å². The molecule has 0 aliphatic heterocycles. The number of carboxylic acid groups (broad SMARTS) is 1. The molecule has 1 amide bonds. The summed E-state index contributed by atoms with van der Waals surface area (Å²) in [5.74, 6) is -0.194. The van der Waals surface area contributed by atoms with Gasteiger partial charge in [-0.1, -0.05) is 31.0 Å². The molecule has 1 saturated carbocycles. The van der Waals surface area contributed by atoms with Crippen LogP contribution in [0.1, 0.15) is 48.5 Å². The molecule has 0 unspecified atom stereocenters. The number of hydrogen-bond acceptors (Lipinski definition) is 6. The van der Waals surface area contributed by atoms with Crippen LogP contribution in [0.25, 0.3) is 11.4 Å². The number of nitrogens with zero attached hydrogens (tertiary/aromatic N) is 4. The molecule has 1 aliphatic carbocycles. The number of anilines is 1. The number of hydrogen-bond donors (Lipinski definition) is 2. The van der Waals surface area contributed by atoms with Gasteiger partial charge in [-0.15, -0.1) is 10.2 Å². The molecule has 1 fully saturated rings. The Morgan fingerprint density at radius 1 is 1.03 bits per heavy atom. The average molecular weight is 438 g/mol. The molecule has 3 aromatic rings. The van der Waals surface area contributed by atoms with Gasteiger partial charge in [0.2, 0.25) is 5.91 Å². The van der Waals surface area contributed by atoms with Gasteiger partial charge in [-0.3, -0.25) is 14.3 Å². The van der Waals surface area contributed by atoms with Crippen LogP contribution >= 0.6 is 11.8 Å². The largest absolute Gasteiger partial charge is 0.478 e. The first-order chi connectivity index (χ1) is 15.1. The van der Waals surface area contributed by atoms with E-state index >= 15 is 0 Å². The maximum atomic E-state index is 12.5. The van der Waals surface area contributed by atoms with Crippen LogP contribution in [-0.4, -0.2) is 42.5 Å². The fraction of sp³-hybridized carbons (Fsp3) is 0.318. The monoisotopic (exact) mass is 437 g/mol. The van der Waals surface area contributed by atoms with E-state index < -0.39 is 5.97 Å². The lowest BCUT2D eigenvalue weighted by atomic mass is 9.95. The Hall–Kier alpha value is -3.20. The number of benzene rings is 1. The van der Waals surface area contributed by atoms with E-state index in [1.54, 1.807) is 24.5 Å². The third-order valence-corrected chi connectivity index (χ3v) is 6.23. The Bertz CT molecular complexity index is 1050. The van der Waals surface area contributed by atoms with E-state index in [-0.39, 0.29) is 17.2 Å². The summed E-state index contributed by atoms with van der Waals surface area (Å²) in [4.78, 5) is 27.5. The summed E-state index contributed by atoms with van der Waals surface area (Å²) in [6.45, 7) is 0. The Labute approximate surface area is 184 Å². The number of aromatic carboxylic acids is 1. The number of thioether (sulfide) groups is 1. The summed E-state index contributed by atoms with van der Waals surface area (Å²) in [5.41, 5.74) is 1.70. The Kier molecular flexibility index (Phi) is 6.61. The Balaban J connectivity index is 1.48. The fourth-order valence-electron chi connectivity index (χ4n) is 3.76. The molecule has 2 heterocycles. The van der Waals surface area contributed by atoms with Crippen LogP contribution in [0, 0.1) is 0 Å². The third kappa shape index (κ3) is 5.11. The second kappa shape index (κ2) is 9.74. The predicted molar refractivity (Wildman–Crippen MR) is 118 cm³/mol. The van der Waals surface area contributed by atoms with Crippen molar-refractivity contribution in [2.24, 2.45) is 0 Å². The van der Waals surface area contributed by atoms with Crippen LogP contribution in [0.2, 0.25) is 0 Å². The topological polar surface area (TPSA) is 110 Å². The van der Waals surface area contributed by atoms with Crippen molar-refractivity contribution in [3.05, 3.63) is 54.4 Å². The Morgan fingerprint density at radius 2 is 1.74 bits per heavy atom. The van der Waals surface area contributed by atoms with Gasteiger partial charge in [-0.2, -0.15) is 0 Å². The number of carbonyl (C=O) groups excluding carboxylic acids is 1. The molecule has 0 spiro atoms. The van der Waals surface area contributed by atoms with Crippen molar-refractivity contribution in [1.29, 1.82) is 0 Å². The van der Waals surface area contributed by atoms with Gasteiger partial charge in [-0.25, -0.2) is 4.79 Å². The maximum Gasteiger partial charge on any atom is 0.335 e. The van der Waals surface area contributed by atoms with Crippen LogP contribution in [0.15, 0.2) is 53.9 Å². The van der Waals surface area contributed by atoms with E-state index in [4.69, 9.17) is 5.11 Å². The van der Waals surface area contributed by atoms with E-state index in [0.717, 1.165) is 29.4 Å². The first-order valence-corrected chi connectivity index (χ1v) is 11.2. The van der Waals surface area contributed by atoms with E-state index in [1.165, 1.54) is 43.2 Å². The second-order valence-electron chi connectivity index (χ2n) is 7.42. The molecule has 8 nitrogen and oxygen atoms in total. The molecule has 2 aromatic heterocycles. The van der Waals surface area contributed by atoms with Gasteiger partial charge in [0.1, 0.15) is 0 Å². The van der Waals surface area contributed by atoms with E-state index in [9.17, 15) is 9.59 Å². The van der Waals surface area contributed by atoms with Gasteiger partial charge >= 0.3 is 5.97 Å².